The predicted octanol–water partition coefficient (Wildman–Crippen LogP) is 5.53. The quantitative estimate of drug-likeness (QED) is 0.228. The molecule has 0 spiro atoms. The van der Waals surface area contributed by atoms with Gasteiger partial charge in [0.15, 0.2) is 18.1 Å². The SMILES string of the molecule is CCOC(=O)COc1c(I)cc(/C=C2/SC(=O)N(c3cccc(Cl)c3)C2=O)cc1OCC. The second-order valence-corrected chi connectivity index (χ2v) is 8.95. The van der Waals surface area contributed by atoms with Crippen LogP contribution in [0.1, 0.15) is 19.4 Å². The number of benzene rings is 2. The van der Waals surface area contributed by atoms with E-state index in [0.29, 0.717) is 37.9 Å². The van der Waals surface area contributed by atoms with Crippen LogP contribution in [0.4, 0.5) is 10.5 Å². The van der Waals surface area contributed by atoms with E-state index in [0.717, 1.165) is 16.7 Å². The van der Waals surface area contributed by atoms with E-state index in [9.17, 15) is 14.4 Å². The smallest absolute Gasteiger partial charge is 0.344 e. The van der Waals surface area contributed by atoms with Gasteiger partial charge in [0.1, 0.15) is 0 Å². The van der Waals surface area contributed by atoms with Crippen molar-refractivity contribution < 1.29 is 28.6 Å². The summed E-state index contributed by atoms with van der Waals surface area (Å²) in [4.78, 5) is 38.4. The number of halogens is 2. The molecule has 10 heteroatoms. The molecule has 0 aromatic heterocycles. The Labute approximate surface area is 208 Å². The van der Waals surface area contributed by atoms with Crippen LogP contribution >= 0.6 is 46.0 Å². The van der Waals surface area contributed by atoms with E-state index in [1.165, 1.54) is 0 Å². The minimum atomic E-state index is -0.482. The van der Waals surface area contributed by atoms with Gasteiger partial charge in [-0.05, 0) is 90.2 Å². The van der Waals surface area contributed by atoms with Crippen LogP contribution in [0.5, 0.6) is 11.5 Å². The monoisotopic (exact) mass is 587 g/mol. The number of carbonyl (C=O) groups excluding carboxylic acids is 3. The highest BCUT2D eigenvalue weighted by Gasteiger charge is 2.36. The maximum atomic E-state index is 12.9. The summed E-state index contributed by atoms with van der Waals surface area (Å²) < 4.78 is 16.8. The summed E-state index contributed by atoms with van der Waals surface area (Å²) in [6.07, 6.45) is 1.62. The first-order chi connectivity index (χ1) is 15.3. The van der Waals surface area contributed by atoms with E-state index in [-0.39, 0.29) is 18.1 Å². The fourth-order valence-electron chi connectivity index (χ4n) is 2.86. The van der Waals surface area contributed by atoms with E-state index in [1.807, 2.05) is 6.92 Å². The van der Waals surface area contributed by atoms with Crippen molar-refractivity contribution >= 4 is 74.8 Å². The lowest BCUT2D eigenvalue weighted by molar-refractivity contribution is -0.145. The number of amides is 2. The molecule has 0 aliphatic carbocycles. The molecular weight excluding hydrogens is 569 g/mol. The van der Waals surface area contributed by atoms with Crippen LogP contribution < -0.4 is 14.4 Å². The number of rotatable bonds is 8. The molecule has 0 unspecified atom stereocenters. The summed E-state index contributed by atoms with van der Waals surface area (Å²) in [6.45, 7) is 3.93. The molecule has 7 nitrogen and oxygen atoms in total. The number of imide groups is 1. The number of esters is 1. The molecule has 2 amide bonds. The van der Waals surface area contributed by atoms with Crippen LogP contribution in [0, 0.1) is 3.57 Å². The van der Waals surface area contributed by atoms with Crippen LogP contribution in [-0.2, 0) is 14.3 Å². The number of nitrogens with zero attached hydrogens (tertiary/aromatic N) is 1. The molecule has 1 fully saturated rings. The zero-order chi connectivity index (χ0) is 23.3. The number of anilines is 1. The maximum Gasteiger partial charge on any atom is 0.344 e. The zero-order valence-corrected chi connectivity index (χ0v) is 21.0. The Hall–Kier alpha value is -2.24. The molecule has 0 radical (unpaired) electrons. The number of ether oxygens (including phenoxy) is 3. The van der Waals surface area contributed by atoms with Gasteiger partial charge in [-0.2, -0.15) is 0 Å². The average molecular weight is 588 g/mol. The third-order valence-electron chi connectivity index (χ3n) is 4.13. The highest BCUT2D eigenvalue weighted by molar-refractivity contribution is 14.1. The largest absolute Gasteiger partial charge is 0.490 e. The van der Waals surface area contributed by atoms with Crippen LogP contribution in [0.25, 0.3) is 6.08 Å². The lowest BCUT2D eigenvalue weighted by atomic mass is 10.1. The first-order valence-corrected chi connectivity index (χ1v) is 11.9. The van der Waals surface area contributed by atoms with Gasteiger partial charge < -0.3 is 14.2 Å². The molecule has 32 heavy (non-hydrogen) atoms. The van der Waals surface area contributed by atoms with Gasteiger partial charge in [-0.1, -0.05) is 17.7 Å². The van der Waals surface area contributed by atoms with Gasteiger partial charge in [-0.15, -0.1) is 0 Å². The maximum absolute atomic E-state index is 12.9. The highest BCUT2D eigenvalue weighted by Crippen LogP contribution is 2.39. The molecule has 1 saturated heterocycles. The molecule has 2 aromatic carbocycles. The van der Waals surface area contributed by atoms with Gasteiger partial charge in [-0.3, -0.25) is 9.59 Å². The molecule has 0 atom stereocenters. The number of hydrogen-bond donors (Lipinski definition) is 0. The first kappa shape index (κ1) is 24.4. The lowest BCUT2D eigenvalue weighted by Crippen LogP contribution is -2.27. The van der Waals surface area contributed by atoms with Gasteiger partial charge >= 0.3 is 5.97 Å². The van der Waals surface area contributed by atoms with Crippen molar-refractivity contribution in [2.45, 2.75) is 13.8 Å². The van der Waals surface area contributed by atoms with Crippen molar-refractivity contribution in [3.63, 3.8) is 0 Å². The first-order valence-electron chi connectivity index (χ1n) is 9.62. The van der Waals surface area contributed by atoms with E-state index < -0.39 is 17.1 Å². The van der Waals surface area contributed by atoms with Gasteiger partial charge in [0.2, 0.25) is 0 Å². The third-order valence-corrected chi connectivity index (χ3v) is 6.04. The number of carbonyl (C=O) groups is 3. The molecule has 0 saturated carbocycles. The second-order valence-electron chi connectivity index (χ2n) is 6.35. The van der Waals surface area contributed by atoms with Crippen LogP contribution in [-0.4, -0.2) is 36.9 Å². The lowest BCUT2D eigenvalue weighted by Gasteiger charge is -2.14. The van der Waals surface area contributed by atoms with Crippen molar-refractivity contribution in [1.29, 1.82) is 0 Å². The Kier molecular flexibility index (Phi) is 8.44. The Morgan fingerprint density at radius 1 is 1.16 bits per heavy atom. The van der Waals surface area contributed by atoms with Crippen LogP contribution in [0.2, 0.25) is 5.02 Å². The number of thioether (sulfide) groups is 1. The summed E-state index contributed by atoms with van der Waals surface area (Å²) in [5.74, 6) is -0.0870. The van der Waals surface area contributed by atoms with Crippen molar-refractivity contribution in [1.82, 2.24) is 0 Å². The summed E-state index contributed by atoms with van der Waals surface area (Å²) in [7, 11) is 0. The molecule has 3 rings (SSSR count). The fourth-order valence-corrected chi connectivity index (χ4v) is 4.67. The molecule has 168 valence electrons. The second kappa shape index (κ2) is 11.1. The van der Waals surface area contributed by atoms with Crippen LogP contribution in [0.15, 0.2) is 41.3 Å². The third kappa shape index (κ3) is 5.76. The molecule has 0 N–H and O–H groups in total. The Morgan fingerprint density at radius 2 is 1.94 bits per heavy atom. The van der Waals surface area contributed by atoms with Gasteiger partial charge in [0.05, 0.1) is 27.4 Å². The zero-order valence-electron chi connectivity index (χ0n) is 17.2. The van der Waals surface area contributed by atoms with Crippen LogP contribution in [0.3, 0.4) is 0 Å². The van der Waals surface area contributed by atoms with Gasteiger partial charge in [-0.25, -0.2) is 9.69 Å². The van der Waals surface area contributed by atoms with Crippen molar-refractivity contribution in [2.24, 2.45) is 0 Å². The van der Waals surface area contributed by atoms with E-state index in [2.05, 4.69) is 22.6 Å². The highest BCUT2D eigenvalue weighted by atomic mass is 127. The average Bonchev–Trinajstić information content (AvgIpc) is 3.00. The summed E-state index contributed by atoms with van der Waals surface area (Å²) in [5, 5.41) is 0.0254. The topological polar surface area (TPSA) is 82.1 Å². The molecule has 1 aliphatic rings. The van der Waals surface area contributed by atoms with E-state index in [4.69, 9.17) is 25.8 Å². The summed E-state index contributed by atoms with van der Waals surface area (Å²) in [6, 6.07) is 10.0. The normalized spacial score (nSPS) is 14.8. The van der Waals surface area contributed by atoms with Gasteiger partial charge in [0.25, 0.3) is 11.1 Å². The Bertz CT molecular complexity index is 1090. The Balaban J connectivity index is 1.88. The summed E-state index contributed by atoms with van der Waals surface area (Å²) in [5.41, 5.74) is 1.06. The Morgan fingerprint density at radius 3 is 2.62 bits per heavy atom. The van der Waals surface area contributed by atoms with Crippen molar-refractivity contribution in [3.8, 4) is 11.5 Å². The number of hydrogen-bond acceptors (Lipinski definition) is 7. The standard InChI is InChI=1S/C22H19ClINO6S/c1-3-29-17-9-13(8-16(24)20(17)31-12-19(26)30-4-2)10-18-21(27)25(22(28)32-18)15-7-5-6-14(23)11-15/h5-11H,3-4,12H2,1-2H3/b18-10+. The molecule has 1 aliphatic heterocycles. The molecule has 2 aromatic rings. The summed E-state index contributed by atoms with van der Waals surface area (Å²) >= 11 is 8.91. The molecule has 0 bridgehead atoms. The van der Waals surface area contributed by atoms with E-state index in [1.54, 1.807) is 49.4 Å². The fraction of sp³-hybridized carbons (Fsp3) is 0.227. The minimum absolute atomic E-state index is 0.248. The minimum Gasteiger partial charge on any atom is -0.490 e. The van der Waals surface area contributed by atoms with Crippen molar-refractivity contribution in [3.05, 3.63) is 55.5 Å². The van der Waals surface area contributed by atoms with Crippen molar-refractivity contribution in [2.75, 3.05) is 24.7 Å². The molecule has 1 heterocycles. The molecular formula is C22H19ClINO6S. The van der Waals surface area contributed by atoms with E-state index >= 15 is 0 Å². The predicted molar refractivity (Wildman–Crippen MR) is 132 cm³/mol. The van der Waals surface area contributed by atoms with Gasteiger partial charge in [0, 0.05) is 5.02 Å².